The number of carbonyl (C=O) groups is 3. The fraction of sp³-hybridized carbons (Fsp3) is 0.500. The molecule has 3 N–H and O–H groups in total. The number of imide groups is 1. The molecule has 0 saturated carbocycles. The molecule has 6 nitrogen and oxygen atoms in total. The Hall–Kier alpha value is -1.92. The molecule has 0 aromatic heterocycles. The molecule has 1 saturated heterocycles. The summed E-state index contributed by atoms with van der Waals surface area (Å²) in [6.45, 7) is 4.51. The highest BCUT2D eigenvalue weighted by Gasteiger charge is 2.33. The average molecular weight is 368 g/mol. The molecule has 1 aliphatic heterocycles. The number of hydrogen-bond donors (Lipinski definition) is 2. The highest BCUT2D eigenvalue weighted by molar-refractivity contribution is 6.01. The maximum atomic E-state index is 12.5. The molecule has 0 unspecified atom stereocenters. The second kappa shape index (κ2) is 8.97. The fourth-order valence-electron chi connectivity index (χ4n) is 2.89. The summed E-state index contributed by atoms with van der Waals surface area (Å²) in [5.41, 5.74) is 6.78. The number of benzene rings is 1. The van der Waals surface area contributed by atoms with Crippen molar-refractivity contribution in [2.75, 3.05) is 11.9 Å². The van der Waals surface area contributed by atoms with Crippen LogP contribution in [0.3, 0.4) is 0 Å². The molecule has 0 bridgehead atoms. The maximum Gasteiger partial charge on any atom is 0.231 e. The smallest absolute Gasteiger partial charge is 0.231 e. The summed E-state index contributed by atoms with van der Waals surface area (Å²) in [6, 6.07) is 7.20. The number of nitrogens with two attached hydrogens (primary N) is 1. The van der Waals surface area contributed by atoms with E-state index in [9.17, 15) is 14.4 Å². The van der Waals surface area contributed by atoms with Gasteiger partial charge in [0.05, 0.1) is 12.0 Å². The number of amides is 3. The number of hydrogen-bond acceptors (Lipinski definition) is 4. The van der Waals surface area contributed by atoms with E-state index in [0.29, 0.717) is 37.9 Å². The monoisotopic (exact) mass is 367 g/mol. The second-order valence-electron chi connectivity index (χ2n) is 6.22. The largest absolute Gasteiger partial charge is 0.329 e. The molecular weight excluding hydrogens is 342 g/mol. The lowest BCUT2D eigenvalue weighted by Gasteiger charge is -2.28. The minimum absolute atomic E-state index is 0. The number of likely N-dealkylation sites (tertiary alicyclic amines) is 1. The minimum Gasteiger partial charge on any atom is -0.329 e. The predicted octanol–water partition coefficient (Wildman–Crippen LogP) is 2.46. The van der Waals surface area contributed by atoms with Crippen molar-refractivity contribution in [3.05, 3.63) is 29.8 Å². The third-order valence-electron chi connectivity index (χ3n) is 4.93. The van der Waals surface area contributed by atoms with Crippen LogP contribution in [0.5, 0.6) is 0 Å². The Balaban J connectivity index is 0.00000312. The van der Waals surface area contributed by atoms with Crippen molar-refractivity contribution in [1.82, 2.24) is 4.90 Å². The zero-order valence-corrected chi connectivity index (χ0v) is 15.5. The second-order valence-corrected chi connectivity index (χ2v) is 6.22. The van der Waals surface area contributed by atoms with Gasteiger partial charge >= 0.3 is 0 Å². The van der Waals surface area contributed by atoms with Gasteiger partial charge in [-0.25, -0.2) is 0 Å². The lowest BCUT2D eigenvalue weighted by molar-refractivity contribution is -0.139. The van der Waals surface area contributed by atoms with E-state index in [4.69, 9.17) is 5.73 Å². The van der Waals surface area contributed by atoms with Gasteiger partial charge in [0.1, 0.15) is 0 Å². The molecule has 0 aliphatic carbocycles. The van der Waals surface area contributed by atoms with Crippen molar-refractivity contribution in [3.8, 4) is 0 Å². The summed E-state index contributed by atoms with van der Waals surface area (Å²) < 4.78 is 0. The van der Waals surface area contributed by atoms with Crippen LogP contribution in [0.25, 0.3) is 0 Å². The molecule has 1 aliphatic rings. The summed E-state index contributed by atoms with van der Waals surface area (Å²) in [5, 5.41) is 2.91. The van der Waals surface area contributed by atoms with Gasteiger partial charge in [-0.1, -0.05) is 26.0 Å². The van der Waals surface area contributed by atoms with Crippen LogP contribution in [0.15, 0.2) is 24.3 Å². The Labute approximate surface area is 154 Å². The first-order valence-electron chi connectivity index (χ1n) is 8.39. The van der Waals surface area contributed by atoms with Crippen LogP contribution in [-0.4, -0.2) is 29.2 Å². The molecule has 1 heterocycles. The first-order valence-corrected chi connectivity index (χ1v) is 8.39. The maximum absolute atomic E-state index is 12.5. The number of rotatable bonds is 7. The normalized spacial score (nSPS) is 14.4. The molecule has 3 amide bonds. The quantitative estimate of drug-likeness (QED) is 0.724. The van der Waals surface area contributed by atoms with E-state index in [1.165, 1.54) is 4.90 Å². The van der Waals surface area contributed by atoms with E-state index in [-0.39, 0.29) is 36.7 Å². The highest BCUT2D eigenvalue weighted by Crippen LogP contribution is 2.27. The Bertz CT molecular complexity index is 603. The topological polar surface area (TPSA) is 92.5 Å². The van der Waals surface area contributed by atoms with Gasteiger partial charge in [0.15, 0.2) is 0 Å². The summed E-state index contributed by atoms with van der Waals surface area (Å²) in [4.78, 5) is 37.1. The van der Waals surface area contributed by atoms with Crippen LogP contribution in [0.1, 0.15) is 45.1 Å². The average Bonchev–Trinajstić information content (AvgIpc) is 2.90. The van der Waals surface area contributed by atoms with Crippen molar-refractivity contribution in [1.29, 1.82) is 0 Å². The van der Waals surface area contributed by atoms with Crippen molar-refractivity contribution >= 4 is 35.8 Å². The molecule has 2 rings (SSSR count). The number of nitrogens with one attached hydrogen (secondary N) is 1. The van der Waals surface area contributed by atoms with Crippen molar-refractivity contribution in [3.63, 3.8) is 0 Å². The van der Waals surface area contributed by atoms with Crippen molar-refractivity contribution < 1.29 is 14.4 Å². The fourth-order valence-corrected chi connectivity index (χ4v) is 2.89. The van der Waals surface area contributed by atoms with Gasteiger partial charge in [-0.15, -0.1) is 12.4 Å². The van der Waals surface area contributed by atoms with Crippen molar-refractivity contribution in [2.24, 2.45) is 11.1 Å². The Morgan fingerprint density at radius 3 is 2.08 bits per heavy atom. The molecule has 1 aromatic carbocycles. The molecule has 1 fully saturated rings. The van der Waals surface area contributed by atoms with Crippen LogP contribution >= 0.6 is 12.4 Å². The van der Waals surface area contributed by atoms with Crippen molar-refractivity contribution in [2.45, 2.75) is 46.1 Å². The molecule has 7 heteroatoms. The van der Waals surface area contributed by atoms with Gasteiger partial charge in [-0.3, -0.25) is 19.3 Å². The highest BCUT2D eigenvalue weighted by atomic mass is 35.5. The Morgan fingerprint density at radius 1 is 1.12 bits per heavy atom. The summed E-state index contributed by atoms with van der Waals surface area (Å²) in [7, 11) is 0. The minimum atomic E-state index is -0.549. The molecular formula is C18H26ClN3O3. The van der Waals surface area contributed by atoms with Gasteiger partial charge in [-0.2, -0.15) is 0 Å². The zero-order valence-electron chi connectivity index (χ0n) is 14.7. The molecule has 0 atom stereocenters. The Kier molecular flexibility index (Phi) is 7.58. The van der Waals surface area contributed by atoms with Gasteiger partial charge in [0, 0.05) is 25.1 Å². The van der Waals surface area contributed by atoms with Gasteiger partial charge in [0.2, 0.25) is 17.7 Å². The van der Waals surface area contributed by atoms with Gasteiger partial charge in [0.25, 0.3) is 0 Å². The first kappa shape index (κ1) is 21.1. The molecule has 25 heavy (non-hydrogen) atoms. The Morgan fingerprint density at radius 2 is 1.64 bits per heavy atom. The number of anilines is 1. The molecule has 0 spiro atoms. The van der Waals surface area contributed by atoms with E-state index in [1.807, 2.05) is 26.0 Å². The SMILES string of the molecule is CCC(CC)(CN)C(=O)Nc1ccc(CN2C(=O)CCC2=O)cc1.Cl. The lowest BCUT2D eigenvalue weighted by Crippen LogP contribution is -2.41. The van der Waals surface area contributed by atoms with E-state index in [0.717, 1.165) is 5.56 Å². The van der Waals surface area contributed by atoms with Crippen LogP contribution in [-0.2, 0) is 20.9 Å². The van der Waals surface area contributed by atoms with Gasteiger partial charge < -0.3 is 11.1 Å². The van der Waals surface area contributed by atoms with E-state index in [2.05, 4.69) is 5.32 Å². The summed E-state index contributed by atoms with van der Waals surface area (Å²) in [5.74, 6) is -0.334. The molecule has 0 radical (unpaired) electrons. The van der Waals surface area contributed by atoms with Crippen LogP contribution in [0, 0.1) is 5.41 Å². The predicted molar refractivity (Wildman–Crippen MR) is 99.2 cm³/mol. The third-order valence-corrected chi connectivity index (χ3v) is 4.93. The number of carbonyl (C=O) groups excluding carboxylic acids is 3. The summed E-state index contributed by atoms with van der Waals surface area (Å²) >= 11 is 0. The standard InChI is InChI=1S/C18H25N3O3.ClH/c1-3-18(4-2,12-19)17(24)20-14-7-5-13(6-8-14)11-21-15(22)9-10-16(21)23;/h5-8H,3-4,9-12,19H2,1-2H3,(H,20,24);1H. The van der Waals surface area contributed by atoms with E-state index < -0.39 is 5.41 Å². The van der Waals surface area contributed by atoms with Crippen LogP contribution < -0.4 is 11.1 Å². The van der Waals surface area contributed by atoms with Crippen LogP contribution in [0.2, 0.25) is 0 Å². The third kappa shape index (κ3) is 4.58. The molecule has 1 aromatic rings. The van der Waals surface area contributed by atoms with E-state index >= 15 is 0 Å². The molecule has 138 valence electrons. The first-order chi connectivity index (χ1) is 11.5. The van der Waals surface area contributed by atoms with E-state index in [1.54, 1.807) is 12.1 Å². The van der Waals surface area contributed by atoms with Gasteiger partial charge in [-0.05, 0) is 30.5 Å². The zero-order chi connectivity index (χ0) is 17.7. The summed E-state index contributed by atoms with van der Waals surface area (Å²) in [6.07, 6.45) is 1.95. The number of halogens is 1. The van der Waals surface area contributed by atoms with Crippen LogP contribution in [0.4, 0.5) is 5.69 Å². The lowest BCUT2D eigenvalue weighted by atomic mass is 9.81. The number of nitrogens with zero attached hydrogens (tertiary/aromatic N) is 1.